The van der Waals surface area contributed by atoms with Gasteiger partial charge in [-0.2, -0.15) is 0 Å². The molecule has 0 saturated carbocycles. The smallest absolute Gasteiger partial charge is 0.408 e. The van der Waals surface area contributed by atoms with Crippen molar-refractivity contribution in [2.75, 3.05) is 6.61 Å². The van der Waals surface area contributed by atoms with E-state index in [1.165, 1.54) is 0 Å². The Morgan fingerprint density at radius 1 is 1.25 bits per heavy atom. The highest BCUT2D eigenvalue weighted by Crippen LogP contribution is 2.11. The van der Waals surface area contributed by atoms with E-state index in [0.717, 1.165) is 6.42 Å². The maximum Gasteiger partial charge on any atom is 0.408 e. The lowest BCUT2D eigenvalue weighted by atomic mass is 10.0. The lowest BCUT2D eigenvalue weighted by Crippen LogP contribution is -2.38. The van der Waals surface area contributed by atoms with E-state index in [0.29, 0.717) is 18.4 Å². The second kappa shape index (κ2) is 9.36. The van der Waals surface area contributed by atoms with Gasteiger partial charge in [-0.15, -0.1) is 0 Å². The Morgan fingerprint density at radius 3 is 2.30 bits per heavy atom. The number of hydrogen-bond donors (Lipinski definition) is 1. The van der Waals surface area contributed by atoms with Crippen molar-refractivity contribution < 1.29 is 14.1 Å². The summed E-state index contributed by atoms with van der Waals surface area (Å²) < 4.78 is 10.3. The Labute approximate surface area is 126 Å². The van der Waals surface area contributed by atoms with Crippen molar-refractivity contribution in [3.05, 3.63) is 12.2 Å². The average molecular weight is 303 g/mol. The molecule has 0 spiro atoms. The van der Waals surface area contributed by atoms with Crippen molar-refractivity contribution in [1.29, 1.82) is 0 Å². The van der Waals surface area contributed by atoms with Gasteiger partial charge in [0.1, 0.15) is 5.60 Å². The predicted molar refractivity (Wildman–Crippen MR) is 86.6 cm³/mol. The Bertz CT molecular complexity index is 311. The molecular formula is C15H30NO3P. The van der Waals surface area contributed by atoms with Gasteiger partial charge in [-0.1, -0.05) is 32.9 Å². The minimum absolute atomic E-state index is 0.0168. The number of carbonyl (C=O) groups excluding carboxylic acids is 1. The maximum absolute atomic E-state index is 11.8. The molecule has 0 bridgehead atoms. The highest BCUT2D eigenvalue weighted by atomic mass is 31.0. The molecule has 0 aromatic rings. The summed E-state index contributed by atoms with van der Waals surface area (Å²) in [5.41, 5.74) is -0.475. The third-order valence-electron chi connectivity index (χ3n) is 2.46. The Morgan fingerprint density at radius 2 is 1.85 bits per heavy atom. The van der Waals surface area contributed by atoms with Gasteiger partial charge < -0.3 is 14.6 Å². The third-order valence-corrected chi connectivity index (χ3v) is 2.65. The number of alkyl carbamates (subject to hydrolysis) is 1. The lowest BCUT2D eigenvalue weighted by Gasteiger charge is -2.23. The largest absolute Gasteiger partial charge is 0.444 e. The van der Waals surface area contributed by atoms with Crippen LogP contribution in [0.25, 0.3) is 0 Å². The molecule has 0 saturated heterocycles. The molecule has 118 valence electrons. The number of carbonyl (C=O) groups is 1. The first-order valence-corrected chi connectivity index (χ1v) is 7.60. The zero-order valence-electron chi connectivity index (χ0n) is 13.6. The fourth-order valence-corrected chi connectivity index (χ4v) is 1.99. The Balaban J connectivity index is 4.52. The van der Waals surface area contributed by atoms with Crippen LogP contribution in [0.3, 0.4) is 0 Å². The quantitative estimate of drug-likeness (QED) is 0.572. The molecule has 5 heteroatoms. The summed E-state index contributed by atoms with van der Waals surface area (Å²) in [7, 11) is 2.25. The molecule has 1 N–H and O–H groups in total. The van der Waals surface area contributed by atoms with Gasteiger partial charge >= 0.3 is 6.09 Å². The van der Waals surface area contributed by atoms with E-state index in [2.05, 4.69) is 41.6 Å². The van der Waals surface area contributed by atoms with E-state index in [4.69, 9.17) is 9.26 Å². The average Bonchev–Trinajstić information content (AvgIpc) is 2.22. The summed E-state index contributed by atoms with van der Waals surface area (Å²) in [6.07, 6.45) is 4.60. The predicted octanol–water partition coefficient (Wildman–Crippen LogP) is 3.92. The molecule has 0 radical (unpaired) electrons. The highest BCUT2D eigenvalue weighted by Gasteiger charge is 2.18. The number of hydrogen-bond acceptors (Lipinski definition) is 3. The van der Waals surface area contributed by atoms with Crippen LogP contribution < -0.4 is 5.32 Å². The van der Waals surface area contributed by atoms with Crippen LogP contribution in [-0.2, 0) is 9.26 Å². The van der Waals surface area contributed by atoms with Gasteiger partial charge in [0.15, 0.2) is 0 Å². The number of ether oxygens (including phenoxy) is 1. The van der Waals surface area contributed by atoms with E-state index >= 15 is 0 Å². The topological polar surface area (TPSA) is 47.6 Å². The normalized spacial score (nSPS) is 15.4. The van der Waals surface area contributed by atoms with Crippen LogP contribution in [0.1, 0.15) is 48.0 Å². The molecule has 3 unspecified atom stereocenters. The van der Waals surface area contributed by atoms with Crippen LogP contribution in [0.2, 0.25) is 0 Å². The van der Waals surface area contributed by atoms with Crippen molar-refractivity contribution in [2.45, 2.75) is 59.6 Å². The van der Waals surface area contributed by atoms with Gasteiger partial charge in [-0.25, -0.2) is 4.79 Å². The molecule has 0 aliphatic rings. The van der Waals surface area contributed by atoms with E-state index in [-0.39, 0.29) is 12.1 Å². The molecule has 0 aliphatic carbocycles. The summed E-state index contributed by atoms with van der Waals surface area (Å²) in [4.78, 5) is 11.8. The van der Waals surface area contributed by atoms with Gasteiger partial charge in [0.2, 0.25) is 0 Å². The number of amides is 1. The monoisotopic (exact) mass is 303 g/mol. The summed E-state index contributed by atoms with van der Waals surface area (Å²) >= 11 is 0. The maximum atomic E-state index is 11.8. The summed E-state index contributed by atoms with van der Waals surface area (Å²) in [5.74, 6) is 0.801. The second-order valence-corrected chi connectivity index (χ2v) is 6.91. The van der Waals surface area contributed by atoms with Gasteiger partial charge in [0.25, 0.3) is 0 Å². The fraction of sp³-hybridized carbons (Fsp3) is 0.800. The fourth-order valence-electron chi connectivity index (χ4n) is 1.68. The SMILES string of the molecule is CC(C)CC(/C=C/C(C)COP)NC(=O)OC(C)(C)C. The van der Waals surface area contributed by atoms with Crippen LogP contribution in [0, 0.1) is 11.8 Å². The van der Waals surface area contributed by atoms with Crippen LogP contribution in [0.15, 0.2) is 12.2 Å². The number of rotatable bonds is 7. The number of nitrogens with one attached hydrogen (secondary N) is 1. The zero-order chi connectivity index (χ0) is 15.8. The van der Waals surface area contributed by atoms with Crippen molar-refractivity contribution in [3.63, 3.8) is 0 Å². The van der Waals surface area contributed by atoms with Crippen molar-refractivity contribution in [3.8, 4) is 0 Å². The van der Waals surface area contributed by atoms with E-state index < -0.39 is 5.60 Å². The summed E-state index contributed by atoms with van der Waals surface area (Å²) in [6.45, 7) is 12.6. The first-order valence-electron chi connectivity index (χ1n) is 7.13. The van der Waals surface area contributed by atoms with Crippen molar-refractivity contribution in [2.24, 2.45) is 11.8 Å². The summed E-state index contributed by atoms with van der Waals surface area (Å²) in [6, 6.07) is -0.0168. The molecule has 4 nitrogen and oxygen atoms in total. The molecule has 0 rings (SSSR count). The van der Waals surface area contributed by atoms with Gasteiger partial charge in [0, 0.05) is 9.47 Å². The molecule has 0 aliphatic heterocycles. The molecule has 0 heterocycles. The standard InChI is InChI=1S/C15H30NO3P/c1-11(2)9-13(8-7-12(3)10-18-20)16-14(17)19-15(4,5)6/h7-8,11-13H,9-10,20H2,1-6H3,(H,16,17)/b8-7+. The third kappa shape index (κ3) is 11.2. The zero-order valence-corrected chi connectivity index (χ0v) is 14.8. The first-order chi connectivity index (χ1) is 9.14. The molecule has 1 amide bonds. The van der Waals surface area contributed by atoms with Crippen LogP contribution >= 0.6 is 9.47 Å². The van der Waals surface area contributed by atoms with Gasteiger partial charge in [-0.3, -0.25) is 0 Å². The van der Waals surface area contributed by atoms with Crippen molar-refractivity contribution in [1.82, 2.24) is 5.32 Å². The summed E-state index contributed by atoms with van der Waals surface area (Å²) in [5, 5.41) is 2.91. The Kier molecular flexibility index (Phi) is 9.08. The lowest BCUT2D eigenvalue weighted by molar-refractivity contribution is 0.0510. The molecule has 0 aromatic heterocycles. The molecule has 0 fully saturated rings. The van der Waals surface area contributed by atoms with E-state index in [1.54, 1.807) is 0 Å². The first kappa shape index (κ1) is 19.4. The molecule has 20 heavy (non-hydrogen) atoms. The second-order valence-electron chi connectivity index (χ2n) is 6.58. The van der Waals surface area contributed by atoms with Gasteiger partial charge in [-0.05, 0) is 39.0 Å². The van der Waals surface area contributed by atoms with Gasteiger partial charge in [0.05, 0.1) is 12.6 Å². The van der Waals surface area contributed by atoms with Crippen LogP contribution in [-0.4, -0.2) is 24.3 Å². The Hall–Kier alpha value is -0.600. The van der Waals surface area contributed by atoms with E-state index in [1.807, 2.05) is 26.8 Å². The van der Waals surface area contributed by atoms with Crippen molar-refractivity contribution >= 4 is 15.6 Å². The highest BCUT2D eigenvalue weighted by molar-refractivity contribution is 7.09. The van der Waals surface area contributed by atoms with Crippen LogP contribution in [0.4, 0.5) is 4.79 Å². The molecule has 3 atom stereocenters. The van der Waals surface area contributed by atoms with Crippen LogP contribution in [0.5, 0.6) is 0 Å². The minimum atomic E-state index is -0.475. The molecule has 0 aromatic carbocycles. The molecular weight excluding hydrogens is 273 g/mol. The minimum Gasteiger partial charge on any atom is -0.444 e. The van der Waals surface area contributed by atoms with E-state index in [9.17, 15) is 4.79 Å².